The van der Waals surface area contributed by atoms with Gasteiger partial charge in [-0.1, -0.05) is 0 Å². The zero-order chi connectivity index (χ0) is 8.83. The quantitative estimate of drug-likeness (QED) is 0.454. The summed E-state index contributed by atoms with van der Waals surface area (Å²) in [5.74, 6) is 0. The van der Waals surface area contributed by atoms with E-state index in [4.69, 9.17) is 22.9 Å². The molecule has 0 bridgehead atoms. The fourth-order valence-electron chi connectivity index (χ4n) is 0. The van der Waals surface area contributed by atoms with E-state index < -0.39 is 0 Å². The van der Waals surface area contributed by atoms with Crippen molar-refractivity contribution in [3.8, 4) is 0 Å². The molecule has 0 heterocycles. The molecule has 6 heteroatoms. The van der Waals surface area contributed by atoms with Gasteiger partial charge in [-0.3, -0.25) is 0 Å². The van der Waals surface area contributed by atoms with Crippen molar-refractivity contribution in [2.45, 2.75) is 0 Å². The summed E-state index contributed by atoms with van der Waals surface area (Å²) in [4.78, 5) is 0. The molecule has 0 aliphatic rings. The van der Waals surface area contributed by atoms with Gasteiger partial charge < -0.3 is 22.9 Å². The Morgan fingerprint density at radius 2 is 0.800 bits per heavy atom. The van der Waals surface area contributed by atoms with Crippen molar-refractivity contribution in [3.05, 3.63) is 0 Å². The zero-order valence-corrected chi connectivity index (χ0v) is 8.14. The predicted octanol–water partition coefficient (Wildman–Crippen LogP) is -1.51. The van der Waals surface area contributed by atoms with Crippen molar-refractivity contribution in [1.29, 1.82) is 0 Å². The van der Waals surface area contributed by atoms with Crippen LogP contribution in [0.4, 0.5) is 0 Å². The summed E-state index contributed by atoms with van der Waals surface area (Å²) >= 11 is 2.22. The van der Waals surface area contributed by atoms with Gasteiger partial charge in [0.25, 0.3) is 0 Å². The summed E-state index contributed by atoms with van der Waals surface area (Å²) in [6.45, 7) is 2.39. The van der Waals surface area contributed by atoms with Crippen LogP contribution in [0.3, 0.4) is 0 Å². The predicted molar refractivity (Wildman–Crippen MR) is 42.1 cm³/mol. The van der Waals surface area contributed by atoms with Crippen LogP contribution in [0.25, 0.3) is 0 Å². The van der Waals surface area contributed by atoms with Gasteiger partial charge in [0.2, 0.25) is 0 Å². The van der Waals surface area contributed by atoms with Gasteiger partial charge in [0.1, 0.15) is 0 Å². The van der Waals surface area contributed by atoms with Crippen molar-refractivity contribution in [2.24, 2.45) is 22.9 Å². The van der Waals surface area contributed by atoms with E-state index in [2.05, 4.69) is 27.7 Å². The second-order valence-corrected chi connectivity index (χ2v) is 1.15. The standard InChI is InChI=1S/2C2H8N2.ClH.Pd/c2*3-1-2-4;;/h2*1-4H2;1H;/q;;;+1/p-1. The second kappa shape index (κ2) is 33.0. The first-order valence-electron chi connectivity index (χ1n) is 2.75. The molecular formula is C4H16ClN4Pd. The first-order chi connectivity index (χ1) is 4.83. The first kappa shape index (κ1) is 17.0. The molecule has 0 aliphatic heterocycles. The fraction of sp³-hybridized carbons (Fsp3) is 1.00. The number of nitrogens with two attached hydrogens (primary N) is 4. The number of hydrogen-bond donors (Lipinski definition) is 4. The molecule has 0 aromatic heterocycles. The summed E-state index contributed by atoms with van der Waals surface area (Å²) in [6, 6.07) is 0. The molecule has 0 aromatic rings. The second-order valence-electron chi connectivity index (χ2n) is 1.15. The topological polar surface area (TPSA) is 104 Å². The van der Waals surface area contributed by atoms with Gasteiger partial charge in [-0.05, 0) is 0 Å². The van der Waals surface area contributed by atoms with Crippen LogP contribution >= 0.6 is 9.53 Å². The molecule has 0 radical (unpaired) electrons. The van der Waals surface area contributed by atoms with E-state index in [1.165, 1.54) is 0 Å². The van der Waals surface area contributed by atoms with Crippen LogP contribution in [-0.2, 0) is 18.2 Å². The summed E-state index contributed by atoms with van der Waals surface area (Å²) in [5.41, 5.74) is 19.6. The van der Waals surface area contributed by atoms with Crippen LogP contribution in [0.15, 0.2) is 0 Å². The number of hydrogen-bond acceptors (Lipinski definition) is 4. The maximum atomic E-state index is 4.90. The van der Waals surface area contributed by atoms with Gasteiger partial charge in [-0.15, -0.1) is 0 Å². The van der Waals surface area contributed by atoms with Crippen molar-refractivity contribution in [1.82, 2.24) is 0 Å². The summed E-state index contributed by atoms with van der Waals surface area (Å²) < 4.78 is 0. The Morgan fingerprint density at radius 1 is 0.700 bits per heavy atom. The van der Waals surface area contributed by atoms with Crippen molar-refractivity contribution < 1.29 is 18.2 Å². The molecule has 4 nitrogen and oxygen atoms in total. The molecule has 0 unspecified atom stereocenters. The number of halogens is 1. The molecule has 0 fully saturated rings. The summed E-state index contributed by atoms with van der Waals surface area (Å²) in [7, 11) is 4.49. The Hall–Kier alpha value is 0.792. The molecule has 0 aromatic carbocycles. The van der Waals surface area contributed by atoms with Crippen LogP contribution in [-0.4, -0.2) is 26.2 Å². The molecule has 0 saturated carbocycles. The minimum absolute atomic E-state index is 0.597. The van der Waals surface area contributed by atoms with Gasteiger partial charge in [-0.2, -0.15) is 0 Å². The normalized spacial score (nSPS) is 6.70. The average Bonchev–Trinajstić information content (AvgIpc) is 2.08. The van der Waals surface area contributed by atoms with E-state index in [-0.39, 0.29) is 0 Å². The van der Waals surface area contributed by atoms with Gasteiger partial charge in [0.15, 0.2) is 0 Å². The van der Waals surface area contributed by atoms with Crippen LogP contribution in [0.5, 0.6) is 0 Å². The molecule has 0 saturated heterocycles. The molecule has 0 amide bonds. The van der Waals surface area contributed by atoms with Crippen molar-refractivity contribution in [2.75, 3.05) is 26.2 Å². The van der Waals surface area contributed by atoms with Crippen LogP contribution in [0, 0.1) is 0 Å². The molecule has 0 spiro atoms. The molecule has 10 heavy (non-hydrogen) atoms. The van der Waals surface area contributed by atoms with Gasteiger partial charge >= 0.3 is 27.7 Å². The SMILES string of the molecule is NCCN.NCCN.[Cl][Pd]. The average molecular weight is 262 g/mol. The van der Waals surface area contributed by atoms with E-state index in [1.807, 2.05) is 0 Å². The Morgan fingerprint density at radius 3 is 0.800 bits per heavy atom. The third-order valence-corrected chi connectivity index (χ3v) is 0.333. The molecule has 69 valence electrons. The van der Waals surface area contributed by atoms with Crippen LogP contribution < -0.4 is 22.9 Å². The molecule has 0 rings (SSSR count). The van der Waals surface area contributed by atoms with E-state index in [1.54, 1.807) is 0 Å². The molecular weight excluding hydrogens is 246 g/mol. The van der Waals surface area contributed by atoms with Gasteiger partial charge in [0.05, 0.1) is 0 Å². The van der Waals surface area contributed by atoms with Gasteiger partial charge in [-0.25, -0.2) is 0 Å². The van der Waals surface area contributed by atoms with Crippen LogP contribution in [0.1, 0.15) is 0 Å². The van der Waals surface area contributed by atoms with Crippen LogP contribution in [0.2, 0.25) is 0 Å². The van der Waals surface area contributed by atoms with Gasteiger partial charge in [0, 0.05) is 26.2 Å². The van der Waals surface area contributed by atoms with E-state index >= 15 is 0 Å². The third kappa shape index (κ3) is 68.5. The fourth-order valence-corrected chi connectivity index (χ4v) is 0. The Balaban J connectivity index is -0.0000000787. The maximum absolute atomic E-state index is 4.90. The van der Waals surface area contributed by atoms with Crippen molar-refractivity contribution >= 4 is 9.53 Å². The summed E-state index contributed by atoms with van der Waals surface area (Å²) in [6.07, 6.45) is 0. The minimum atomic E-state index is 0.597. The zero-order valence-electron chi connectivity index (χ0n) is 5.83. The van der Waals surface area contributed by atoms with Crippen molar-refractivity contribution in [3.63, 3.8) is 0 Å². The molecule has 8 N–H and O–H groups in total. The van der Waals surface area contributed by atoms with E-state index in [9.17, 15) is 0 Å². The monoisotopic (exact) mass is 261 g/mol. The van der Waals surface area contributed by atoms with E-state index in [0.717, 1.165) is 0 Å². The summed E-state index contributed by atoms with van der Waals surface area (Å²) in [5, 5.41) is 0. The molecule has 0 aliphatic carbocycles. The Labute approximate surface area is 77.0 Å². The first-order valence-corrected chi connectivity index (χ1v) is 4.75. The third-order valence-electron chi connectivity index (χ3n) is 0.333. The Bertz CT molecular complexity index is 25.2. The Kier molecular flexibility index (Phi) is 56.2. The molecule has 0 atom stereocenters. The number of rotatable bonds is 2. The van der Waals surface area contributed by atoms with E-state index in [0.29, 0.717) is 26.2 Å².